The zero-order chi connectivity index (χ0) is 18.4. The highest BCUT2D eigenvalue weighted by molar-refractivity contribution is 5.54. The molecule has 0 fully saturated rings. The van der Waals surface area contributed by atoms with Crippen molar-refractivity contribution in [2.24, 2.45) is 11.7 Å². The van der Waals surface area contributed by atoms with Gasteiger partial charge in [0.15, 0.2) is 0 Å². The van der Waals surface area contributed by atoms with Gasteiger partial charge in [-0.3, -0.25) is 0 Å². The van der Waals surface area contributed by atoms with Crippen LogP contribution in [0.1, 0.15) is 51.3 Å². The minimum atomic E-state index is -4.71. The van der Waals surface area contributed by atoms with E-state index in [0.29, 0.717) is 17.1 Å². The van der Waals surface area contributed by atoms with E-state index in [1.807, 2.05) is 0 Å². The first kappa shape index (κ1) is 19.3. The zero-order valence-electron chi connectivity index (χ0n) is 14.3. The Morgan fingerprint density at radius 1 is 1.20 bits per heavy atom. The molecule has 0 amide bonds. The van der Waals surface area contributed by atoms with E-state index in [2.05, 4.69) is 23.6 Å². The lowest BCUT2D eigenvalue weighted by molar-refractivity contribution is -0.274. The molecule has 25 heavy (non-hydrogen) atoms. The normalized spacial score (nSPS) is 14.3. The predicted molar refractivity (Wildman–Crippen MR) is 88.9 cm³/mol. The van der Waals surface area contributed by atoms with Crippen LogP contribution in [0.2, 0.25) is 0 Å². The fraction of sp³-hybridized carbons (Fsp3) is 0.500. The first-order chi connectivity index (χ1) is 11.8. The summed E-state index contributed by atoms with van der Waals surface area (Å²) in [6.45, 7) is 4.23. The lowest BCUT2D eigenvalue weighted by atomic mass is 9.94. The van der Waals surface area contributed by atoms with Crippen molar-refractivity contribution >= 4 is 0 Å². The highest BCUT2D eigenvalue weighted by Gasteiger charge is 2.31. The first-order valence-corrected chi connectivity index (χ1v) is 8.37. The molecule has 0 bridgehead atoms. The number of aromatic nitrogens is 1. The fourth-order valence-corrected chi connectivity index (χ4v) is 2.56. The van der Waals surface area contributed by atoms with E-state index in [1.54, 1.807) is 0 Å². The molecule has 0 aliphatic rings. The van der Waals surface area contributed by atoms with Crippen molar-refractivity contribution in [1.82, 2.24) is 4.98 Å². The van der Waals surface area contributed by atoms with Crippen LogP contribution in [0.15, 0.2) is 34.9 Å². The molecule has 1 aromatic heterocycles. The predicted octanol–water partition coefficient (Wildman–Crippen LogP) is 5.46. The molecule has 0 radical (unpaired) electrons. The first-order valence-electron chi connectivity index (χ1n) is 8.37. The minimum Gasteiger partial charge on any atom is -0.444 e. The van der Waals surface area contributed by atoms with Crippen LogP contribution in [-0.2, 0) is 0 Å². The Labute approximate surface area is 145 Å². The highest BCUT2D eigenvalue weighted by Crippen LogP contribution is 2.29. The van der Waals surface area contributed by atoms with Gasteiger partial charge in [0.25, 0.3) is 0 Å². The van der Waals surface area contributed by atoms with Gasteiger partial charge >= 0.3 is 6.36 Å². The van der Waals surface area contributed by atoms with E-state index in [4.69, 9.17) is 10.2 Å². The number of unbranched alkanes of at least 4 members (excludes halogenated alkanes) is 2. The van der Waals surface area contributed by atoms with Gasteiger partial charge in [-0.15, -0.1) is 13.2 Å². The number of alkyl halides is 3. The second-order valence-corrected chi connectivity index (χ2v) is 6.15. The number of ether oxygens (including phenoxy) is 1. The van der Waals surface area contributed by atoms with Gasteiger partial charge < -0.3 is 14.9 Å². The Morgan fingerprint density at radius 3 is 2.48 bits per heavy atom. The Bertz CT molecular complexity index is 653. The summed E-state index contributed by atoms with van der Waals surface area (Å²) in [5.41, 5.74) is 7.45. The number of rotatable bonds is 8. The van der Waals surface area contributed by atoms with Crippen LogP contribution in [0.3, 0.4) is 0 Å². The molecule has 0 saturated carbocycles. The fourth-order valence-electron chi connectivity index (χ4n) is 2.56. The minimum absolute atomic E-state index is 0.234. The van der Waals surface area contributed by atoms with Crippen molar-refractivity contribution in [3.05, 3.63) is 36.2 Å². The van der Waals surface area contributed by atoms with Crippen LogP contribution in [0, 0.1) is 5.92 Å². The van der Waals surface area contributed by atoms with E-state index in [1.165, 1.54) is 36.9 Å². The Morgan fingerprint density at radius 2 is 1.88 bits per heavy atom. The molecule has 2 N–H and O–H groups in total. The van der Waals surface area contributed by atoms with Crippen molar-refractivity contribution in [3.63, 3.8) is 0 Å². The molecule has 2 aromatic rings. The van der Waals surface area contributed by atoms with E-state index in [9.17, 15) is 13.2 Å². The Kier molecular flexibility index (Phi) is 6.47. The summed E-state index contributed by atoms with van der Waals surface area (Å²) in [5, 5.41) is 0. The molecule has 2 unspecified atom stereocenters. The molecular weight excluding hydrogens is 333 g/mol. The largest absolute Gasteiger partial charge is 0.573 e. The number of oxazole rings is 1. The van der Waals surface area contributed by atoms with Crippen molar-refractivity contribution in [3.8, 4) is 17.2 Å². The van der Waals surface area contributed by atoms with Gasteiger partial charge in [-0.1, -0.05) is 33.1 Å². The van der Waals surface area contributed by atoms with Crippen molar-refractivity contribution in [2.75, 3.05) is 0 Å². The summed E-state index contributed by atoms with van der Waals surface area (Å²) in [6.07, 6.45) is 1.27. The quantitative estimate of drug-likeness (QED) is 0.638. The molecule has 1 heterocycles. The van der Waals surface area contributed by atoms with Crippen LogP contribution in [0.4, 0.5) is 13.2 Å². The number of halogens is 3. The molecule has 1 aromatic carbocycles. The lowest BCUT2D eigenvalue weighted by Crippen LogP contribution is -2.19. The maximum Gasteiger partial charge on any atom is 0.573 e. The van der Waals surface area contributed by atoms with Crippen LogP contribution >= 0.6 is 0 Å². The van der Waals surface area contributed by atoms with Crippen LogP contribution < -0.4 is 10.5 Å². The summed E-state index contributed by atoms with van der Waals surface area (Å²) in [6, 6.07) is 5.14. The maximum absolute atomic E-state index is 12.2. The van der Waals surface area contributed by atoms with Crippen LogP contribution in [0.25, 0.3) is 11.5 Å². The van der Waals surface area contributed by atoms with Gasteiger partial charge in [-0.05, 0) is 36.6 Å². The van der Waals surface area contributed by atoms with Gasteiger partial charge in [-0.2, -0.15) is 0 Å². The number of hydrogen-bond acceptors (Lipinski definition) is 4. The Balaban J connectivity index is 2.02. The third-order valence-corrected chi connectivity index (χ3v) is 4.07. The van der Waals surface area contributed by atoms with Crippen LogP contribution in [-0.4, -0.2) is 11.3 Å². The van der Waals surface area contributed by atoms with E-state index < -0.39 is 6.36 Å². The highest BCUT2D eigenvalue weighted by atomic mass is 19.4. The molecule has 4 nitrogen and oxygen atoms in total. The van der Waals surface area contributed by atoms with Crippen LogP contribution in [0.5, 0.6) is 5.75 Å². The molecule has 2 rings (SSSR count). The second-order valence-electron chi connectivity index (χ2n) is 6.15. The molecule has 7 heteroatoms. The smallest absolute Gasteiger partial charge is 0.444 e. The van der Waals surface area contributed by atoms with Gasteiger partial charge in [-0.25, -0.2) is 4.98 Å². The molecule has 2 atom stereocenters. The van der Waals surface area contributed by atoms with Gasteiger partial charge in [0, 0.05) is 5.56 Å². The van der Waals surface area contributed by atoms with Gasteiger partial charge in [0.1, 0.15) is 12.0 Å². The van der Waals surface area contributed by atoms with E-state index in [0.717, 1.165) is 19.3 Å². The molecular formula is C18H23F3N2O2. The average Bonchev–Trinajstić information content (AvgIpc) is 3.03. The summed E-state index contributed by atoms with van der Waals surface area (Å²) in [5.74, 6) is 0.307. The van der Waals surface area contributed by atoms with Crippen molar-refractivity contribution in [1.29, 1.82) is 0 Å². The lowest BCUT2D eigenvalue weighted by Gasteiger charge is -2.17. The zero-order valence-corrected chi connectivity index (χ0v) is 14.3. The standard InChI is InChI=1S/C18H23F3N2O2/c1-3-4-5-6-12(2)16(22)15-11-24-17(23-15)13-7-9-14(10-8-13)25-18(19,20)21/h7-12,16H,3-6,22H2,1-2H3. The SMILES string of the molecule is CCCCCC(C)C(N)c1coc(-c2ccc(OC(F)(F)F)cc2)n1. The average molecular weight is 356 g/mol. The van der Waals surface area contributed by atoms with Gasteiger partial charge in [0.05, 0.1) is 11.7 Å². The van der Waals surface area contributed by atoms with E-state index in [-0.39, 0.29) is 17.7 Å². The maximum atomic E-state index is 12.2. The number of nitrogens with two attached hydrogens (primary N) is 1. The molecule has 0 aliphatic carbocycles. The van der Waals surface area contributed by atoms with Gasteiger partial charge in [0.2, 0.25) is 5.89 Å². The molecule has 0 aliphatic heterocycles. The van der Waals surface area contributed by atoms with E-state index >= 15 is 0 Å². The van der Waals surface area contributed by atoms with Crippen molar-refractivity contribution in [2.45, 2.75) is 51.9 Å². The molecule has 0 saturated heterocycles. The second kappa shape index (κ2) is 8.38. The number of nitrogens with zero attached hydrogens (tertiary/aromatic N) is 1. The molecule has 138 valence electrons. The third-order valence-electron chi connectivity index (χ3n) is 4.07. The van der Waals surface area contributed by atoms with Crippen molar-refractivity contribution < 1.29 is 22.3 Å². The number of hydrogen-bond donors (Lipinski definition) is 1. The monoisotopic (exact) mass is 356 g/mol. The number of benzene rings is 1. The topological polar surface area (TPSA) is 61.3 Å². The Hall–Kier alpha value is -2.02. The molecule has 0 spiro atoms. The third kappa shape index (κ3) is 5.77. The summed E-state index contributed by atoms with van der Waals surface area (Å²) in [7, 11) is 0. The summed E-state index contributed by atoms with van der Waals surface area (Å²) < 4.78 is 45.8. The summed E-state index contributed by atoms with van der Waals surface area (Å²) in [4.78, 5) is 4.38. The summed E-state index contributed by atoms with van der Waals surface area (Å²) >= 11 is 0.